The lowest BCUT2D eigenvalue weighted by Gasteiger charge is -2.06. The number of fused-ring (bicyclic) bond motifs is 1. The topological polar surface area (TPSA) is 85.4 Å². The third-order valence-electron chi connectivity index (χ3n) is 3.85. The minimum absolute atomic E-state index is 0.0991. The number of hydrogen-bond acceptors (Lipinski definition) is 6. The minimum Gasteiger partial charge on any atom is -0.497 e. The van der Waals surface area contributed by atoms with Gasteiger partial charge < -0.3 is 10.1 Å². The quantitative estimate of drug-likeness (QED) is 0.559. The van der Waals surface area contributed by atoms with Gasteiger partial charge in [-0.1, -0.05) is 17.4 Å². The van der Waals surface area contributed by atoms with Gasteiger partial charge in [0.1, 0.15) is 5.75 Å². The highest BCUT2D eigenvalue weighted by atomic mass is 79.9. The van der Waals surface area contributed by atoms with Gasteiger partial charge >= 0.3 is 0 Å². The lowest BCUT2D eigenvalue weighted by Crippen LogP contribution is -2.14. The van der Waals surface area contributed by atoms with E-state index >= 15 is 0 Å². The first-order valence-electron chi connectivity index (χ1n) is 8.11. The molecule has 0 unspecified atom stereocenters. The van der Waals surface area contributed by atoms with Crippen molar-refractivity contribution in [2.75, 3.05) is 18.2 Å². The van der Waals surface area contributed by atoms with Crippen LogP contribution in [0.5, 0.6) is 5.75 Å². The van der Waals surface area contributed by atoms with E-state index in [0.29, 0.717) is 10.9 Å². The maximum atomic E-state index is 12.3. The molecular formula is C18H17BrN2O4S2. The molecule has 0 fully saturated rings. The van der Waals surface area contributed by atoms with Crippen LogP contribution in [0.25, 0.3) is 10.2 Å². The number of rotatable bonds is 7. The summed E-state index contributed by atoms with van der Waals surface area (Å²) in [6, 6.07) is 11.9. The number of sulfone groups is 1. The fraction of sp³-hybridized carbons (Fsp3) is 0.222. The van der Waals surface area contributed by atoms with Crippen LogP contribution < -0.4 is 10.1 Å². The highest BCUT2D eigenvalue weighted by Gasteiger charge is 2.16. The van der Waals surface area contributed by atoms with Crippen molar-refractivity contribution in [1.29, 1.82) is 0 Å². The van der Waals surface area contributed by atoms with Crippen LogP contribution in [-0.4, -0.2) is 32.2 Å². The van der Waals surface area contributed by atoms with E-state index < -0.39 is 9.84 Å². The second kappa shape index (κ2) is 8.37. The molecule has 1 aromatic heterocycles. The molecule has 0 aliphatic carbocycles. The standard InChI is InChI=1S/C18H17BrN2O4S2/c1-25-12-7-9-13(10-8-12)27(23,24)11-3-6-16(22)20-18-21-17-14(19)4-2-5-15(17)26-18/h2,4-5,7-10H,3,6,11H2,1H3,(H,20,21,22). The number of hydrogen-bond donors (Lipinski definition) is 1. The van der Waals surface area contributed by atoms with E-state index in [2.05, 4.69) is 26.2 Å². The van der Waals surface area contributed by atoms with E-state index in [9.17, 15) is 13.2 Å². The van der Waals surface area contributed by atoms with Crippen LogP contribution in [0.2, 0.25) is 0 Å². The Labute approximate surface area is 169 Å². The van der Waals surface area contributed by atoms with Crippen molar-refractivity contribution in [3.8, 4) is 5.75 Å². The molecule has 0 bridgehead atoms. The summed E-state index contributed by atoms with van der Waals surface area (Å²) < 4.78 is 31.5. The number of aromatic nitrogens is 1. The lowest BCUT2D eigenvalue weighted by molar-refractivity contribution is -0.116. The molecule has 6 nitrogen and oxygen atoms in total. The molecule has 9 heteroatoms. The normalized spacial score (nSPS) is 11.5. The van der Waals surface area contributed by atoms with E-state index in [0.717, 1.165) is 14.7 Å². The number of para-hydroxylation sites is 1. The third-order valence-corrected chi connectivity index (χ3v) is 7.24. The van der Waals surface area contributed by atoms with Crippen molar-refractivity contribution in [1.82, 2.24) is 4.98 Å². The zero-order valence-corrected chi connectivity index (χ0v) is 17.7. The Morgan fingerprint density at radius 3 is 2.63 bits per heavy atom. The van der Waals surface area contributed by atoms with Gasteiger partial charge in [-0.15, -0.1) is 0 Å². The molecule has 3 rings (SSSR count). The second-order valence-corrected chi connectivity index (χ2v) is 9.75. The first-order chi connectivity index (χ1) is 12.9. The molecule has 0 radical (unpaired) electrons. The number of nitrogens with zero attached hydrogens (tertiary/aromatic N) is 1. The Kier molecular flexibility index (Phi) is 6.13. The largest absolute Gasteiger partial charge is 0.497 e. The molecule has 0 aliphatic rings. The Morgan fingerprint density at radius 1 is 1.22 bits per heavy atom. The van der Waals surface area contributed by atoms with Crippen molar-refractivity contribution in [3.05, 3.63) is 46.9 Å². The number of thiazole rings is 1. The van der Waals surface area contributed by atoms with Crippen LogP contribution in [0.1, 0.15) is 12.8 Å². The number of ether oxygens (including phenoxy) is 1. The van der Waals surface area contributed by atoms with Gasteiger partial charge in [-0.2, -0.15) is 0 Å². The van der Waals surface area contributed by atoms with Crippen molar-refractivity contribution in [2.24, 2.45) is 0 Å². The zero-order valence-electron chi connectivity index (χ0n) is 14.4. The monoisotopic (exact) mass is 468 g/mol. The second-order valence-electron chi connectivity index (χ2n) is 5.75. The number of benzene rings is 2. The first-order valence-corrected chi connectivity index (χ1v) is 11.4. The highest BCUT2D eigenvalue weighted by molar-refractivity contribution is 9.10. The Morgan fingerprint density at radius 2 is 1.96 bits per heavy atom. The van der Waals surface area contributed by atoms with Crippen molar-refractivity contribution >= 4 is 58.4 Å². The van der Waals surface area contributed by atoms with Gasteiger partial charge in [0, 0.05) is 10.9 Å². The smallest absolute Gasteiger partial charge is 0.226 e. The van der Waals surface area contributed by atoms with Crippen molar-refractivity contribution in [3.63, 3.8) is 0 Å². The molecule has 0 saturated heterocycles. The number of carbonyl (C=O) groups excluding carboxylic acids is 1. The van der Waals surface area contributed by atoms with E-state index in [-0.39, 0.29) is 29.4 Å². The fourth-order valence-electron chi connectivity index (χ4n) is 2.47. The maximum absolute atomic E-state index is 12.3. The third kappa shape index (κ3) is 4.85. The average Bonchev–Trinajstić information content (AvgIpc) is 3.05. The van der Waals surface area contributed by atoms with Crippen LogP contribution >= 0.6 is 27.3 Å². The van der Waals surface area contributed by atoms with Crippen molar-refractivity contribution in [2.45, 2.75) is 17.7 Å². The summed E-state index contributed by atoms with van der Waals surface area (Å²) in [6.45, 7) is 0. The molecule has 1 amide bonds. The number of anilines is 1. The van der Waals surface area contributed by atoms with Crippen LogP contribution in [0, 0.1) is 0 Å². The van der Waals surface area contributed by atoms with Crippen LogP contribution in [0.15, 0.2) is 51.8 Å². The predicted octanol–water partition coefficient (Wildman–Crippen LogP) is 4.26. The van der Waals surface area contributed by atoms with Gasteiger partial charge in [0.25, 0.3) is 0 Å². The minimum atomic E-state index is -3.43. The molecule has 2 aromatic carbocycles. The lowest BCUT2D eigenvalue weighted by atomic mass is 10.3. The van der Waals surface area contributed by atoms with Gasteiger partial charge in [0.2, 0.25) is 5.91 Å². The number of nitrogens with one attached hydrogen (secondary N) is 1. The molecule has 0 spiro atoms. The van der Waals surface area contributed by atoms with E-state index in [4.69, 9.17) is 4.74 Å². The number of methoxy groups -OCH3 is 1. The summed E-state index contributed by atoms with van der Waals surface area (Å²) >= 11 is 4.80. The van der Waals surface area contributed by atoms with Crippen molar-refractivity contribution < 1.29 is 17.9 Å². The first kappa shape index (κ1) is 19.8. The van der Waals surface area contributed by atoms with E-state index in [1.54, 1.807) is 12.1 Å². The maximum Gasteiger partial charge on any atom is 0.226 e. The SMILES string of the molecule is COc1ccc(S(=O)(=O)CCCC(=O)Nc2nc3c(Br)cccc3s2)cc1. The summed E-state index contributed by atoms with van der Waals surface area (Å²) in [5.74, 6) is 0.240. The molecule has 142 valence electrons. The highest BCUT2D eigenvalue weighted by Crippen LogP contribution is 2.30. The van der Waals surface area contributed by atoms with Gasteiger partial charge in [-0.25, -0.2) is 13.4 Å². The summed E-state index contributed by atoms with van der Waals surface area (Å²) in [5.41, 5.74) is 0.792. The Hall–Kier alpha value is -1.97. The molecule has 0 saturated carbocycles. The number of carbonyl (C=O) groups is 1. The molecule has 0 aliphatic heterocycles. The van der Waals surface area contributed by atoms with Crippen LogP contribution in [-0.2, 0) is 14.6 Å². The molecule has 1 N–H and O–H groups in total. The molecule has 0 atom stereocenters. The zero-order chi connectivity index (χ0) is 19.4. The van der Waals surface area contributed by atoms with Gasteiger partial charge in [-0.05, 0) is 58.7 Å². The predicted molar refractivity (Wildman–Crippen MR) is 110 cm³/mol. The summed E-state index contributed by atoms with van der Waals surface area (Å²) in [6.07, 6.45) is 0.335. The number of amides is 1. The summed E-state index contributed by atoms with van der Waals surface area (Å²) in [4.78, 5) is 16.7. The summed E-state index contributed by atoms with van der Waals surface area (Å²) in [5, 5.41) is 3.24. The number of halogens is 1. The van der Waals surface area contributed by atoms with Gasteiger partial charge in [0.15, 0.2) is 15.0 Å². The average molecular weight is 469 g/mol. The van der Waals surface area contributed by atoms with E-state index in [1.807, 2.05) is 18.2 Å². The Balaban J connectivity index is 1.55. The van der Waals surface area contributed by atoms with E-state index in [1.165, 1.54) is 30.6 Å². The molecule has 27 heavy (non-hydrogen) atoms. The summed E-state index contributed by atoms with van der Waals surface area (Å²) in [7, 11) is -1.91. The Bertz CT molecular complexity index is 1060. The van der Waals surface area contributed by atoms with Crippen LogP contribution in [0.3, 0.4) is 0 Å². The molecular weight excluding hydrogens is 452 g/mol. The van der Waals surface area contributed by atoms with Gasteiger partial charge in [0.05, 0.1) is 28.0 Å². The molecule has 1 heterocycles. The van der Waals surface area contributed by atoms with Crippen LogP contribution in [0.4, 0.5) is 5.13 Å². The molecule has 3 aromatic rings. The van der Waals surface area contributed by atoms with Gasteiger partial charge in [-0.3, -0.25) is 4.79 Å². The fourth-order valence-corrected chi connectivity index (χ4v) is 5.28.